The van der Waals surface area contributed by atoms with Gasteiger partial charge < -0.3 is 5.32 Å². The quantitative estimate of drug-likeness (QED) is 0.935. The molecule has 0 bridgehead atoms. The normalized spacial score (nSPS) is 26.1. The summed E-state index contributed by atoms with van der Waals surface area (Å²) in [6, 6.07) is 4.62. The van der Waals surface area contributed by atoms with Gasteiger partial charge in [-0.2, -0.15) is 4.52 Å². The van der Waals surface area contributed by atoms with Gasteiger partial charge in [0.15, 0.2) is 11.5 Å². The van der Waals surface area contributed by atoms with E-state index in [1.807, 2.05) is 16.6 Å². The minimum absolute atomic E-state index is 0.564. The molecule has 0 spiro atoms. The number of hydrogen-bond donors (Lipinski definition) is 1. The molecule has 2 aromatic heterocycles. The van der Waals surface area contributed by atoms with Crippen molar-refractivity contribution in [3.05, 3.63) is 18.0 Å². The second kappa shape index (κ2) is 5.28. The van der Waals surface area contributed by atoms with Gasteiger partial charge in [-0.1, -0.05) is 26.2 Å². The summed E-state index contributed by atoms with van der Waals surface area (Å²) in [5.74, 6) is 3.44. The van der Waals surface area contributed by atoms with Gasteiger partial charge in [0.25, 0.3) is 0 Å². The highest BCUT2D eigenvalue weighted by Crippen LogP contribution is 2.38. The zero-order valence-corrected chi connectivity index (χ0v) is 12.6. The van der Waals surface area contributed by atoms with Gasteiger partial charge >= 0.3 is 0 Å². The van der Waals surface area contributed by atoms with Crippen LogP contribution in [-0.4, -0.2) is 25.9 Å². The molecule has 1 N–H and O–H groups in total. The van der Waals surface area contributed by atoms with Crippen LogP contribution >= 0.6 is 0 Å². The summed E-state index contributed by atoms with van der Waals surface area (Å²) in [4.78, 5) is 0. The van der Waals surface area contributed by atoms with Crippen LogP contribution in [0.1, 0.15) is 63.6 Å². The molecule has 2 aliphatic rings. The van der Waals surface area contributed by atoms with Crippen molar-refractivity contribution >= 4 is 11.5 Å². The monoisotopic (exact) mass is 285 g/mol. The topological polar surface area (TPSA) is 55.1 Å². The van der Waals surface area contributed by atoms with Crippen molar-refractivity contribution in [2.24, 2.45) is 5.92 Å². The van der Waals surface area contributed by atoms with E-state index in [1.165, 1.54) is 44.9 Å². The maximum atomic E-state index is 4.72. The first kappa shape index (κ1) is 13.0. The number of nitrogens with zero attached hydrogens (tertiary/aromatic N) is 4. The van der Waals surface area contributed by atoms with Gasteiger partial charge in [0.2, 0.25) is 0 Å². The molecule has 2 atom stereocenters. The minimum atomic E-state index is 0.564. The van der Waals surface area contributed by atoms with Gasteiger partial charge in [-0.25, -0.2) is 0 Å². The SMILES string of the molecule is CCC1CCCC(Nc2ccc3nnc(C4CC4)n3n2)C1. The number of rotatable bonds is 4. The molecule has 2 fully saturated rings. The number of aromatic nitrogens is 4. The number of hydrogen-bond acceptors (Lipinski definition) is 4. The molecule has 0 saturated heterocycles. The molecule has 2 heterocycles. The number of nitrogens with one attached hydrogen (secondary N) is 1. The smallest absolute Gasteiger partial charge is 0.178 e. The third-order valence-electron chi connectivity index (χ3n) is 4.94. The maximum Gasteiger partial charge on any atom is 0.178 e. The number of anilines is 1. The van der Waals surface area contributed by atoms with Crippen molar-refractivity contribution in [3.8, 4) is 0 Å². The molecule has 5 nitrogen and oxygen atoms in total. The third-order valence-corrected chi connectivity index (χ3v) is 4.94. The second-order valence-electron chi connectivity index (χ2n) is 6.60. The van der Waals surface area contributed by atoms with Crippen LogP contribution in [0.2, 0.25) is 0 Å². The molecule has 2 unspecified atom stereocenters. The van der Waals surface area contributed by atoms with Crippen LogP contribution < -0.4 is 5.32 Å². The van der Waals surface area contributed by atoms with E-state index in [4.69, 9.17) is 5.10 Å². The summed E-state index contributed by atoms with van der Waals surface area (Å²) in [6.07, 6.45) is 8.99. The Labute approximate surface area is 125 Å². The highest BCUT2D eigenvalue weighted by molar-refractivity contribution is 5.45. The van der Waals surface area contributed by atoms with Crippen LogP contribution in [0.15, 0.2) is 12.1 Å². The molecule has 4 rings (SSSR count). The average molecular weight is 285 g/mol. The summed E-state index contributed by atoms with van der Waals surface area (Å²) in [5.41, 5.74) is 0.859. The van der Waals surface area contributed by atoms with Gasteiger partial charge in [-0.15, -0.1) is 15.3 Å². The van der Waals surface area contributed by atoms with Crippen LogP contribution in [0, 0.1) is 5.92 Å². The van der Waals surface area contributed by atoms with E-state index in [2.05, 4.69) is 22.4 Å². The van der Waals surface area contributed by atoms with Crippen LogP contribution in [0.4, 0.5) is 5.82 Å². The third kappa shape index (κ3) is 2.61. The number of fused-ring (bicyclic) bond motifs is 1. The standard InChI is InChI=1S/C16H23N5/c1-2-11-4-3-5-13(10-11)17-14-8-9-15-18-19-16(12-6-7-12)21(15)20-14/h8-9,11-13H,2-7,10H2,1H3,(H,17,20). The van der Waals surface area contributed by atoms with Crippen molar-refractivity contribution in [2.75, 3.05) is 5.32 Å². The Bertz CT molecular complexity index is 631. The van der Waals surface area contributed by atoms with Crippen LogP contribution in [0.5, 0.6) is 0 Å². The summed E-state index contributed by atoms with van der Waals surface area (Å²) >= 11 is 0. The van der Waals surface area contributed by atoms with Gasteiger partial charge in [-0.05, 0) is 43.7 Å². The molecular weight excluding hydrogens is 262 g/mol. The van der Waals surface area contributed by atoms with Gasteiger partial charge in [0.05, 0.1) is 0 Å². The fraction of sp³-hybridized carbons (Fsp3) is 0.688. The molecule has 21 heavy (non-hydrogen) atoms. The van der Waals surface area contributed by atoms with E-state index in [1.54, 1.807) is 0 Å². The Morgan fingerprint density at radius 3 is 2.90 bits per heavy atom. The minimum Gasteiger partial charge on any atom is -0.366 e. The largest absolute Gasteiger partial charge is 0.366 e. The van der Waals surface area contributed by atoms with E-state index in [0.29, 0.717) is 12.0 Å². The maximum absolute atomic E-state index is 4.72. The predicted octanol–water partition coefficient (Wildman–Crippen LogP) is 3.38. The Balaban J connectivity index is 1.54. The Morgan fingerprint density at radius 1 is 1.19 bits per heavy atom. The van der Waals surface area contributed by atoms with E-state index in [0.717, 1.165) is 23.2 Å². The first-order valence-electron chi connectivity index (χ1n) is 8.32. The summed E-state index contributed by atoms with van der Waals surface area (Å²) in [5, 5.41) is 16.9. The van der Waals surface area contributed by atoms with E-state index in [9.17, 15) is 0 Å². The first-order chi connectivity index (χ1) is 10.3. The zero-order chi connectivity index (χ0) is 14.2. The predicted molar refractivity (Wildman–Crippen MR) is 82.4 cm³/mol. The van der Waals surface area contributed by atoms with Crippen molar-refractivity contribution in [1.29, 1.82) is 0 Å². The molecule has 112 valence electrons. The summed E-state index contributed by atoms with van der Waals surface area (Å²) in [7, 11) is 0. The highest BCUT2D eigenvalue weighted by Gasteiger charge is 2.29. The highest BCUT2D eigenvalue weighted by atomic mass is 15.4. The summed E-state index contributed by atoms with van der Waals surface area (Å²) < 4.78 is 1.93. The van der Waals surface area contributed by atoms with E-state index >= 15 is 0 Å². The van der Waals surface area contributed by atoms with Gasteiger partial charge in [0.1, 0.15) is 5.82 Å². The van der Waals surface area contributed by atoms with Crippen molar-refractivity contribution in [1.82, 2.24) is 19.8 Å². The average Bonchev–Trinajstić information content (AvgIpc) is 3.27. The molecule has 2 aromatic rings. The Kier molecular flexibility index (Phi) is 3.28. The molecular formula is C16H23N5. The van der Waals surface area contributed by atoms with Crippen molar-refractivity contribution in [3.63, 3.8) is 0 Å². The lowest BCUT2D eigenvalue weighted by molar-refractivity contribution is 0.327. The van der Waals surface area contributed by atoms with Crippen molar-refractivity contribution < 1.29 is 0 Å². The molecule has 5 heteroatoms. The molecule has 0 radical (unpaired) electrons. The zero-order valence-electron chi connectivity index (χ0n) is 12.6. The molecule has 2 aliphatic carbocycles. The van der Waals surface area contributed by atoms with Crippen molar-refractivity contribution in [2.45, 2.75) is 63.8 Å². The Hall–Kier alpha value is -1.65. The molecule has 0 amide bonds. The van der Waals surface area contributed by atoms with Gasteiger partial charge in [-0.3, -0.25) is 0 Å². The Morgan fingerprint density at radius 2 is 2.10 bits per heavy atom. The lowest BCUT2D eigenvalue weighted by Crippen LogP contribution is -2.27. The van der Waals surface area contributed by atoms with Crippen LogP contribution in [-0.2, 0) is 0 Å². The molecule has 0 aliphatic heterocycles. The summed E-state index contributed by atoms with van der Waals surface area (Å²) in [6.45, 7) is 2.30. The van der Waals surface area contributed by atoms with E-state index < -0.39 is 0 Å². The van der Waals surface area contributed by atoms with Gasteiger partial charge in [0, 0.05) is 12.0 Å². The fourth-order valence-corrected chi connectivity index (χ4v) is 3.48. The molecule has 0 aromatic carbocycles. The lowest BCUT2D eigenvalue weighted by atomic mass is 9.84. The lowest BCUT2D eigenvalue weighted by Gasteiger charge is -2.29. The fourth-order valence-electron chi connectivity index (χ4n) is 3.48. The van der Waals surface area contributed by atoms with Crippen LogP contribution in [0.3, 0.4) is 0 Å². The second-order valence-corrected chi connectivity index (χ2v) is 6.60. The van der Waals surface area contributed by atoms with E-state index in [-0.39, 0.29) is 0 Å². The molecule has 2 saturated carbocycles. The first-order valence-corrected chi connectivity index (χ1v) is 8.32. The van der Waals surface area contributed by atoms with Crippen LogP contribution in [0.25, 0.3) is 5.65 Å².